The van der Waals surface area contributed by atoms with Crippen LogP contribution >= 0.6 is 22.9 Å². The molecular formula is C17H16ClNO3S. The maximum absolute atomic E-state index is 12.5. The number of carbonyl (C=O) groups excluding carboxylic acids is 2. The summed E-state index contributed by atoms with van der Waals surface area (Å²) in [4.78, 5) is 27.0. The largest absolute Gasteiger partial charge is 0.459 e. The maximum Gasteiger partial charge on any atom is 0.329 e. The summed E-state index contributed by atoms with van der Waals surface area (Å²) in [7, 11) is 0. The Labute approximate surface area is 143 Å². The molecule has 1 aromatic carbocycles. The molecule has 1 unspecified atom stereocenters. The van der Waals surface area contributed by atoms with E-state index in [9.17, 15) is 9.59 Å². The van der Waals surface area contributed by atoms with Gasteiger partial charge in [-0.3, -0.25) is 4.79 Å². The van der Waals surface area contributed by atoms with Crippen molar-refractivity contribution in [3.05, 3.63) is 57.2 Å². The molecule has 1 aliphatic heterocycles. The van der Waals surface area contributed by atoms with Gasteiger partial charge in [-0.25, -0.2) is 4.79 Å². The Morgan fingerprint density at radius 1 is 1.22 bits per heavy atom. The lowest BCUT2D eigenvalue weighted by atomic mass is 10.2. The van der Waals surface area contributed by atoms with Gasteiger partial charge in [-0.1, -0.05) is 41.9 Å². The predicted molar refractivity (Wildman–Crippen MR) is 89.6 cm³/mol. The van der Waals surface area contributed by atoms with E-state index in [1.165, 1.54) is 11.3 Å². The Morgan fingerprint density at radius 3 is 2.70 bits per heavy atom. The van der Waals surface area contributed by atoms with Gasteiger partial charge < -0.3 is 9.64 Å². The highest BCUT2D eigenvalue weighted by Gasteiger charge is 2.36. The Morgan fingerprint density at radius 2 is 2.00 bits per heavy atom. The Balaban J connectivity index is 1.64. The van der Waals surface area contributed by atoms with Gasteiger partial charge in [0, 0.05) is 6.54 Å². The molecule has 0 radical (unpaired) electrons. The summed E-state index contributed by atoms with van der Waals surface area (Å²) >= 11 is 7.11. The first kappa shape index (κ1) is 16.0. The van der Waals surface area contributed by atoms with Crippen molar-refractivity contribution in [3.63, 3.8) is 0 Å². The van der Waals surface area contributed by atoms with Gasteiger partial charge in [-0.15, -0.1) is 11.3 Å². The number of rotatable bonds is 4. The number of hydrogen-bond acceptors (Lipinski definition) is 4. The van der Waals surface area contributed by atoms with E-state index in [2.05, 4.69) is 0 Å². The van der Waals surface area contributed by atoms with Crippen molar-refractivity contribution >= 4 is 34.8 Å². The number of thiophene rings is 1. The molecule has 0 aliphatic carbocycles. The molecule has 1 saturated heterocycles. The van der Waals surface area contributed by atoms with E-state index in [1.807, 2.05) is 30.3 Å². The molecule has 3 rings (SSSR count). The first-order valence-electron chi connectivity index (χ1n) is 7.42. The van der Waals surface area contributed by atoms with Crippen molar-refractivity contribution in [2.75, 3.05) is 6.54 Å². The van der Waals surface area contributed by atoms with E-state index in [-0.39, 0.29) is 18.5 Å². The second-order valence-electron chi connectivity index (χ2n) is 5.35. The molecule has 0 saturated carbocycles. The quantitative estimate of drug-likeness (QED) is 0.790. The van der Waals surface area contributed by atoms with Crippen molar-refractivity contribution in [3.8, 4) is 0 Å². The molecule has 1 atom stereocenters. The Hall–Kier alpha value is -1.85. The van der Waals surface area contributed by atoms with Crippen LogP contribution in [0.5, 0.6) is 0 Å². The van der Waals surface area contributed by atoms with Crippen LogP contribution in [0.1, 0.15) is 28.1 Å². The van der Waals surface area contributed by atoms with Crippen molar-refractivity contribution in [1.82, 2.24) is 4.90 Å². The highest BCUT2D eigenvalue weighted by Crippen LogP contribution is 2.27. The molecule has 1 aromatic heterocycles. The number of amides is 1. The van der Waals surface area contributed by atoms with Gasteiger partial charge in [0.1, 0.15) is 12.6 Å². The molecule has 120 valence electrons. The topological polar surface area (TPSA) is 46.6 Å². The minimum absolute atomic E-state index is 0.152. The van der Waals surface area contributed by atoms with E-state index in [4.69, 9.17) is 16.3 Å². The van der Waals surface area contributed by atoms with Crippen molar-refractivity contribution in [2.45, 2.75) is 25.5 Å². The van der Waals surface area contributed by atoms with Crippen molar-refractivity contribution in [2.24, 2.45) is 0 Å². The molecule has 2 heterocycles. The SMILES string of the molecule is O=C(OCc1ccccc1)C1CCCN1C(=O)c1ccc(Cl)s1. The van der Waals surface area contributed by atoms with Crippen LogP contribution in [0.25, 0.3) is 0 Å². The number of carbonyl (C=O) groups is 2. The molecule has 1 fully saturated rings. The first-order chi connectivity index (χ1) is 11.1. The first-order valence-corrected chi connectivity index (χ1v) is 8.61. The van der Waals surface area contributed by atoms with E-state index in [0.29, 0.717) is 22.2 Å². The van der Waals surface area contributed by atoms with Gasteiger partial charge in [0.05, 0.1) is 9.21 Å². The molecule has 6 heteroatoms. The van der Waals surface area contributed by atoms with Crippen LogP contribution in [-0.4, -0.2) is 29.4 Å². The normalized spacial score (nSPS) is 17.3. The van der Waals surface area contributed by atoms with E-state index in [1.54, 1.807) is 17.0 Å². The molecular weight excluding hydrogens is 334 g/mol. The molecule has 0 bridgehead atoms. The molecule has 0 spiro atoms. The number of esters is 1. The zero-order valence-corrected chi connectivity index (χ0v) is 14.0. The summed E-state index contributed by atoms with van der Waals surface area (Å²) < 4.78 is 5.94. The average molecular weight is 350 g/mol. The van der Waals surface area contributed by atoms with Gasteiger partial charge in [0.25, 0.3) is 5.91 Å². The van der Waals surface area contributed by atoms with Crippen LogP contribution in [0.2, 0.25) is 4.34 Å². The van der Waals surface area contributed by atoms with Crippen molar-refractivity contribution < 1.29 is 14.3 Å². The minimum atomic E-state index is -0.507. The fraction of sp³-hybridized carbons (Fsp3) is 0.294. The Bertz CT molecular complexity index is 701. The van der Waals surface area contributed by atoms with Crippen LogP contribution in [-0.2, 0) is 16.1 Å². The number of nitrogens with zero attached hydrogens (tertiary/aromatic N) is 1. The number of likely N-dealkylation sites (tertiary alicyclic amines) is 1. The molecule has 23 heavy (non-hydrogen) atoms. The number of ether oxygens (including phenoxy) is 1. The molecule has 1 amide bonds. The van der Waals surface area contributed by atoms with Crippen LogP contribution in [0.3, 0.4) is 0 Å². The second-order valence-corrected chi connectivity index (χ2v) is 7.07. The monoisotopic (exact) mass is 349 g/mol. The third kappa shape index (κ3) is 3.74. The summed E-state index contributed by atoms with van der Waals surface area (Å²) in [5, 5.41) is 0. The standard InChI is InChI=1S/C17H16ClNO3S/c18-15-9-8-14(23-15)16(20)19-10-4-7-13(19)17(21)22-11-12-5-2-1-3-6-12/h1-3,5-6,8-9,13H,4,7,10-11H2. The number of benzene rings is 1. The highest BCUT2D eigenvalue weighted by molar-refractivity contribution is 7.17. The van der Waals surface area contributed by atoms with Gasteiger partial charge in [-0.2, -0.15) is 0 Å². The lowest BCUT2D eigenvalue weighted by Crippen LogP contribution is -2.41. The zero-order chi connectivity index (χ0) is 16.2. The number of halogens is 1. The van der Waals surface area contributed by atoms with Gasteiger partial charge >= 0.3 is 5.97 Å². The number of hydrogen-bond donors (Lipinski definition) is 0. The summed E-state index contributed by atoms with van der Waals surface area (Å²) in [6.07, 6.45) is 1.44. The summed E-state index contributed by atoms with van der Waals surface area (Å²) in [5.74, 6) is -0.497. The molecule has 4 nitrogen and oxygen atoms in total. The third-order valence-corrected chi connectivity index (χ3v) is 5.01. The van der Waals surface area contributed by atoms with E-state index in [0.717, 1.165) is 12.0 Å². The van der Waals surface area contributed by atoms with Gasteiger partial charge in [0.15, 0.2) is 0 Å². The summed E-state index contributed by atoms with van der Waals surface area (Å²) in [5.41, 5.74) is 0.932. The van der Waals surface area contributed by atoms with E-state index >= 15 is 0 Å². The van der Waals surface area contributed by atoms with Gasteiger partial charge in [-0.05, 0) is 30.5 Å². The average Bonchev–Trinajstić information content (AvgIpc) is 3.22. The van der Waals surface area contributed by atoms with Crippen LogP contribution in [0.15, 0.2) is 42.5 Å². The lowest BCUT2D eigenvalue weighted by Gasteiger charge is -2.22. The fourth-order valence-corrected chi connectivity index (χ4v) is 3.65. The minimum Gasteiger partial charge on any atom is -0.459 e. The highest BCUT2D eigenvalue weighted by atomic mass is 35.5. The van der Waals surface area contributed by atoms with Crippen LogP contribution in [0.4, 0.5) is 0 Å². The molecule has 0 N–H and O–H groups in total. The molecule has 2 aromatic rings. The Kier molecular flexibility index (Phi) is 4.98. The van der Waals surface area contributed by atoms with Crippen LogP contribution < -0.4 is 0 Å². The molecule has 1 aliphatic rings. The smallest absolute Gasteiger partial charge is 0.329 e. The maximum atomic E-state index is 12.5. The summed E-state index contributed by atoms with van der Waals surface area (Å²) in [6, 6.07) is 12.4. The predicted octanol–water partition coefficient (Wildman–Crippen LogP) is 3.75. The summed E-state index contributed by atoms with van der Waals surface area (Å²) in [6.45, 7) is 0.794. The lowest BCUT2D eigenvalue weighted by molar-refractivity contribution is -0.149. The van der Waals surface area contributed by atoms with Crippen LogP contribution in [0, 0.1) is 0 Å². The fourth-order valence-electron chi connectivity index (χ4n) is 2.65. The zero-order valence-electron chi connectivity index (χ0n) is 12.4. The van der Waals surface area contributed by atoms with E-state index < -0.39 is 6.04 Å². The second kappa shape index (κ2) is 7.15. The van der Waals surface area contributed by atoms with Crippen molar-refractivity contribution in [1.29, 1.82) is 0 Å². The third-order valence-electron chi connectivity index (χ3n) is 3.79. The van der Waals surface area contributed by atoms with Gasteiger partial charge in [0.2, 0.25) is 0 Å².